The topological polar surface area (TPSA) is 38.3 Å². The zero-order chi connectivity index (χ0) is 14.4. The summed E-state index contributed by atoms with van der Waals surface area (Å²) < 4.78 is 18.1. The van der Waals surface area contributed by atoms with Gasteiger partial charge in [0.2, 0.25) is 0 Å². The fourth-order valence-electron chi connectivity index (χ4n) is 1.64. The third-order valence-electron chi connectivity index (χ3n) is 2.53. The Bertz CT molecular complexity index is 437. The molecule has 0 saturated heterocycles. The molecule has 0 spiro atoms. The highest BCUT2D eigenvalue weighted by Crippen LogP contribution is 2.25. The van der Waals surface area contributed by atoms with Crippen molar-refractivity contribution in [3.8, 4) is 0 Å². The molecule has 3 nitrogen and oxygen atoms in total. The highest BCUT2D eigenvalue weighted by Gasteiger charge is 2.24. The molecule has 0 saturated carbocycles. The van der Waals surface area contributed by atoms with Gasteiger partial charge in [0.05, 0.1) is 6.61 Å². The Labute approximate surface area is 118 Å². The van der Waals surface area contributed by atoms with E-state index in [1.54, 1.807) is 6.92 Å². The molecule has 19 heavy (non-hydrogen) atoms. The maximum Gasteiger partial charge on any atom is 0.327 e. The van der Waals surface area contributed by atoms with Crippen molar-refractivity contribution >= 4 is 17.6 Å². The van der Waals surface area contributed by atoms with Crippen LogP contribution in [0.2, 0.25) is 5.02 Å². The van der Waals surface area contributed by atoms with Crippen molar-refractivity contribution in [3.05, 3.63) is 34.6 Å². The van der Waals surface area contributed by atoms with Crippen LogP contribution in [0.4, 0.5) is 4.39 Å². The van der Waals surface area contributed by atoms with E-state index in [1.165, 1.54) is 18.2 Å². The molecule has 0 fully saturated rings. The number of hydrogen-bond donors (Lipinski definition) is 1. The summed E-state index contributed by atoms with van der Waals surface area (Å²) in [5.41, 5.74) is 0.530. The molecule has 0 bridgehead atoms. The molecule has 1 N–H and O–H groups in total. The summed E-state index contributed by atoms with van der Waals surface area (Å²) in [7, 11) is 0. The van der Waals surface area contributed by atoms with Gasteiger partial charge in [0.25, 0.3) is 0 Å². The molecule has 1 unspecified atom stereocenters. The van der Waals surface area contributed by atoms with Crippen LogP contribution >= 0.6 is 11.6 Å². The number of carbonyl (C=O) groups excluding carboxylic acids is 1. The molecule has 1 rings (SSSR count). The number of ether oxygens (including phenoxy) is 1. The standard InChI is InChI=1S/C14H19ClFNO2/c1-4-19-14(18)13(17-8-9(2)3)11-6-5-10(16)7-12(11)15/h5-7,9,13,17H,4,8H2,1-3H3. The van der Waals surface area contributed by atoms with E-state index in [0.29, 0.717) is 18.0 Å². The van der Waals surface area contributed by atoms with Crippen LogP contribution in [0.25, 0.3) is 0 Å². The van der Waals surface area contributed by atoms with E-state index in [2.05, 4.69) is 5.32 Å². The molecule has 0 aromatic heterocycles. The number of esters is 1. The van der Waals surface area contributed by atoms with Crippen molar-refractivity contribution in [2.24, 2.45) is 5.92 Å². The lowest BCUT2D eigenvalue weighted by Gasteiger charge is -2.20. The zero-order valence-electron chi connectivity index (χ0n) is 11.4. The van der Waals surface area contributed by atoms with E-state index in [1.807, 2.05) is 13.8 Å². The number of nitrogens with one attached hydrogen (secondary N) is 1. The highest BCUT2D eigenvalue weighted by atomic mass is 35.5. The number of benzene rings is 1. The monoisotopic (exact) mass is 287 g/mol. The largest absolute Gasteiger partial charge is 0.465 e. The second-order valence-electron chi connectivity index (χ2n) is 4.65. The molecular formula is C14H19ClFNO2. The first kappa shape index (κ1) is 15.9. The predicted molar refractivity (Wildman–Crippen MR) is 73.6 cm³/mol. The first-order valence-electron chi connectivity index (χ1n) is 6.30. The predicted octanol–water partition coefficient (Wildman–Crippen LogP) is 3.33. The van der Waals surface area contributed by atoms with Crippen LogP contribution in [0.5, 0.6) is 0 Å². The van der Waals surface area contributed by atoms with E-state index in [9.17, 15) is 9.18 Å². The number of carbonyl (C=O) groups is 1. The third kappa shape index (κ3) is 4.80. The Kier molecular flexibility index (Phi) is 6.25. The molecule has 1 aromatic carbocycles. The van der Waals surface area contributed by atoms with E-state index < -0.39 is 17.8 Å². The molecule has 1 aromatic rings. The van der Waals surface area contributed by atoms with Gasteiger partial charge in [-0.15, -0.1) is 0 Å². The van der Waals surface area contributed by atoms with Crippen LogP contribution in [-0.2, 0) is 9.53 Å². The van der Waals surface area contributed by atoms with Crippen LogP contribution in [0.1, 0.15) is 32.4 Å². The maximum absolute atomic E-state index is 13.1. The zero-order valence-corrected chi connectivity index (χ0v) is 12.1. The van der Waals surface area contributed by atoms with Crippen molar-refractivity contribution in [1.82, 2.24) is 5.32 Å². The van der Waals surface area contributed by atoms with E-state index in [-0.39, 0.29) is 11.6 Å². The van der Waals surface area contributed by atoms with Crippen molar-refractivity contribution in [2.45, 2.75) is 26.8 Å². The van der Waals surface area contributed by atoms with Crippen LogP contribution in [0.3, 0.4) is 0 Å². The minimum absolute atomic E-state index is 0.217. The SMILES string of the molecule is CCOC(=O)C(NCC(C)C)c1ccc(F)cc1Cl. The number of rotatable bonds is 6. The van der Waals surface area contributed by atoms with Gasteiger partial charge < -0.3 is 10.1 Å². The van der Waals surface area contributed by atoms with Crippen LogP contribution in [0.15, 0.2) is 18.2 Å². The van der Waals surface area contributed by atoms with E-state index in [0.717, 1.165) is 0 Å². The normalized spacial score (nSPS) is 12.5. The lowest BCUT2D eigenvalue weighted by atomic mass is 10.1. The Hall–Kier alpha value is -1.13. The smallest absolute Gasteiger partial charge is 0.327 e. The minimum Gasteiger partial charge on any atom is -0.465 e. The van der Waals surface area contributed by atoms with Crippen molar-refractivity contribution in [3.63, 3.8) is 0 Å². The van der Waals surface area contributed by atoms with Gasteiger partial charge in [0.15, 0.2) is 0 Å². The molecule has 0 radical (unpaired) electrons. The first-order chi connectivity index (χ1) is 8.95. The number of hydrogen-bond acceptors (Lipinski definition) is 3. The van der Waals surface area contributed by atoms with Gasteiger partial charge in [-0.3, -0.25) is 0 Å². The summed E-state index contributed by atoms with van der Waals surface area (Å²) in [6.45, 7) is 6.72. The molecule has 0 aliphatic heterocycles. The molecule has 106 valence electrons. The summed E-state index contributed by atoms with van der Waals surface area (Å²) in [5.74, 6) is -0.465. The Morgan fingerprint density at radius 1 is 1.47 bits per heavy atom. The summed E-state index contributed by atoms with van der Waals surface area (Å²) in [6.07, 6.45) is 0. The first-order valence-corrected chi connectivity index (χ1v) is 6.68. The summed E-state index contributed by atoms with van der Waals surface area (Å²) >= 11 is 6.00. The van der Waals surface area contributed by atoms with Gasteiger partial charge in [-0.25, -0.2) is 9.18 Å². The van der Waals surface area contributed by atoms with E-state index in [4.69, 9.17) is 16.3 Å². The Balaban J connectivity index is 2.97. The highest BCUT2D eigenvalue weighted by molar-refractivity contribution is 6.31. The summed E-state index contributed by atoms with van der Waals surface area (Å²) in [4.78, 5) is 12.0. The lowest BCUT2D eigenvalue weighted by molar-refractivity contribution is -0.145. The summed E-state index contributed by atoms with van der Waals surface area (Å²) in [5, 5.41) is 3.32. The molecular weight excluding hydrogens is 269 g/mol. The van der Waals surface area contributed by atoms with Gasteiger partial charge in [-0.1, -0.05) is 31.5 Å². The van der Waals surface area contributed by atoms with E-state index >= 15 is 0 Å². The fraction of sp³-hybridized carbons (Fsp3) is 0.500. The van der Waals surface area contributed by atoms with Gasteiger partial charge >= 0.3 is 5.97 Å². The van der Waals surface area contributed by atoms with Crippen LogP contribution in [0, 0.1) is 11.7 Å². The molecule has 0 aliphatic rings. The average molecular weight is 288 g/mol. The molecule has 0 heterocycles. The lowest BCUT2D eigenvalue weighted by Crippen LogP contribution is -2.33. The summed E-state index contributed by atoms with van der Waals surface area (Å²) in [6, 6.07) is 3.31. The van der Waals surface area contributed by atoms with Crippen molar-refractivity contribution in [2.75, 3.05) is 13.2 Å². The molecule has 5 heteroatoms. The minimum atomic E-state index is -0.671. The molecule has 1 atom stereocenters. The maximum atomic E-state index is 13.1. The van der Waals surface area contributed by atoms with Crippen molar-refractivity contribution in [1.29, 1.82) is 0 Å². The molecule has 0 amide bonds. The van der Waals surface area contributed by atoms with Crippen molar-refractivity contribution < 1.29 is 13.9 Å². The second-order valence-corrected chi connectivity index (χ2v) is 5.06. The molecule has 0 aliphatic carbocycles. The Morgan fingerprint density at radius 2 is 2.16 bits per heavy atom. The van der Waals surface area contributed by atoms with Gasteiger partial charge in [-0.2, -0.15) is 0 Å². The third-order valence-corrected chi connectivity index (χ3v) is 2.85. The van der Waals surface area contributed by atoms with Gasteiger partial charge in [-0.05, 0) is 37.1 Å². The fourth-order valence-corrected chi connectivity index (χ4v) is 1.91. The average Bonchev–Trinajstić information content (AvgIpc) is 2.31. The van der Waals surface area contributed by atoms with Crippen LogP contribution < -0.4 is 5.32 Å². The van der Waals surface area contributed by atoms with Crippen LogP contribution in [-0.4, -0.2) is 19.1 Å². The second kappa shape index (κ2) is 7.46. The van der Waals surface area contributed by atoms with Gasteiger partial charge in [0, 0.05) is 5.02 Å². The number of halogens is 2. The Morgan fingerprint density at radius 3 is 2.68 bits per heavy atom. The van der Waals surface area contributed by atoms with Gasteiger partial charge in [0.1, 0.15) is 11.9 Å². The quantitative estimate of drug-likeness (QED) is 0.816.